The zero-order chi connectivity index (χ0) is 13.5. The Labute approximate surface area is 127 Å². The summed E-state index contributed by atoms with van der Waals surface area (Å²) in [6.07, 6.45) is 2.56. The van der Waals surface area contributed by atoms with E-state index in [0.29, 0.717) is 17.1 Å². The molecule has 0 aliphatic heterocycles. The molecular formula is C11H17ClN6OS. The number of nitrogens with zero attached hydrogens (tertiary/aromatic N) is 4. The van der Waals surface area contributed by atoms with Crippen LogP contribution < -0.4 is 10.6 Å². The lowest BCUT2D eigenvalue weighted by atomic mass is 10.3. The summed E-state index contributed by atoms with van der Waals surface area (Å²) in [5.74, 6) is -0.0983. The van der Waals surface area contributed by atoms with Crippen LogP contribution in [-0.4, -0.2) is 45.7 Å². The lowest BCUT2D eigenvalue weighted by Crippen LogP contribution is -2.32. The molecule has 0 saturated carbocycles. The van der Waals surface area contributed by atoms with E-state index in [-0.39, 0.29) is 18.3 Å². The van der Waals surface area contributed by atoms with Crippen molar-refractivity contribution in [1.29, 1.82) is 0 Å². The normalized spacial score (nSPS) is 10.1. The molecule has 2 rings (SSSR count). The number of carbonyl (C=O) groups is 1. The lowest BCUT2D eigenvalue weighted by molar-refractivity contribution is 0.0958. The van der Waals surface area contributed by atoms with Crippen LogP contribution in [-0.2, 0) is 0 Å². The van der Waals surface area contributed by atoms with Gasteiger partial charge in [-0.15, -0.1) is 28.8 Å². The van der Waals surface area contributed by atoms with Crippen LogP contribution in [0.25, 0.3) is 5.69 Å². The van der Waals surface area contributed by atoms with E-state index in [1.807, 2.05) is 11.4 Å². The van der Waals surface area contributed by atoms with E-state index in [9.17, 15) is 4.79 Å². The molecule has 0 fully saturated rings. The first-order valence-electron chi connectivity index (χ1n) is 6.12. The van der Waals surface area contributed by atoms with Crippen LogP contribution in [0.4, 0.5) is 0 Å². The molecule has 0 unspecified atom stereocenters. The number of aromatic nitrogens is 4. The number of amides is 1. The fourth-order valence-corrected chi connectivity index (χ4v) is 2.37. The van der Waals surface area contributed by atoms with Crippen molar-refractivity contribution in [2.24, 2.45) is 0 Å². The summed E-state index contributed by atoms with van der Waals surface area (Å²) in [6.45, 7) is 4.44. The second-order valence-electron chi connectivity index (χ2n) is 3.90. The number of halogens is 1. The Kier molecular flexibility index (Phi) is 7.13. The third kappa shape index (κ3) is 4.26. The third-order valence-electron chi connectivity index (χ3n) is 2.46. The van der Waals surface area contributed by atoms with E-state index in [4.69, 9.17) is 0 Å². The number of hydrogen-bond acceptors (Lipinski definition) is 6. The molecule has 2 heterocycles. The van der Waals surface area contributed by atoms with Crippen LogP contribution in [0.2, 0.25) is 0 Å². The molecule has 2 N–H and O–H groups in total. The highest BCUT2D eigenvalue weighted by Gasteiger charge is 2.14. The van der Waals surface area contributed by atoms with E-state index in [0.717, 1.165) is 19.5 Å². The predicted molar refractivity (Wildman–Crippen MR) is 79.8 cm³/mol. The topological polar surface area (TPSA) is 84.7 Å². The number of thiophene rings is 1. The number of nitrogens with one attached hydrogen (secondary N) is 2. The molecule has 9 heteroatoms. The summed E-state index contributed by atoms with van der Waals surface area (Å²) in [4.78, 5) is 12.7. The highest BCUT2D eigenvalue weighted by Crippen LogP contribution is 2.19. The van der Waals surface area contributed by atoms with Crippen molar-refractivity contribution in [2.75, 3.05) is 19.6 Å². The zero-order valence-electron chi connectivity index (χ0n) is 11.1. The second kappa shape index (κ2) is 8.62. The summed E-state index contributed by atoms with van der Waals surface area (Å²) >= 11 is 1.38. The summed E-state index contributed by atoms with van der Waals surface area (Å²) in [6, 6.07) is 1.82. The predicted octanol–water partition coefficient (Wildman–Crippen LogP) is 0.875. The van der Waals surface area contributed by atoms with Crippen molar-refractivity contribution >= 4 is 29.7 Å². The van der Waals surface area contributed by atoms with Crippen LogP contribution >= 0.6 is 23.7 Å². The van der Waals surface area contributed by atoms with Gasteiger partial charge in [0, 0.05) is 13.1 Å². The van der Waals surface area contributed by atoms with Crippen LogP contribution in [0.1, 0.15) is 23.0 Å². The fraction of sp³-hybridized carbons (Fsp3) is 0.455. The molecular weight excluding hydrogens is 300 g/mol. The first-order chi connectivity index (χ1) is 9.33. The Morgan fingerprint density at radius 2 is 2.25 bits per heavy atom. The van der Waals surface area contributed by atoms with Crippen molar-refractivity contribution in [3.05, 3.63) is 22.7 Å². The molecule has 0 saturated heterocycles. The summed E-state index contributed by atoms with van der Waals surface area (Å²) in [7, 11) is 0. The maximum absolute atomic E-state index is 12.0. The number of carbonyl (C=O) groups excluding carboxylic acids is 1. The third-order valence-corrected chi connectivity index (χ3v) is 3.36. The Bertz CT molecular complexity index is 515. The molecule has 0 radical (unpaired) electrons. The van der Waals surface area contributed by atoms with E-state index < -0.39 is 0 Å². The van der Waals surface area contributed by atoms with Crippen LogP contribution in [0, 0.1) is 0 Å². The van der Waals surface area contributed by atoms with Crippen molar-refractivity contribution < 1.29 is 4.79 Å². The number of tetrazole rings is 1. The van der Waals surface area contributed by atoms with Gasteiger partial charge in [-0.2, -0.15) is 4.68 Å². The molecule has 1 amide bonds. The Morgan fingerprint density at radius 1 is 1.40 bits per heavy atom. The van der Waals surface area contributed by atoms with Gasteiger partial charge in [-0.05, 0) is 34.8 Å². The standard InChI is InChI=1S/C11H16N6OS.ClH/c1-2-4-12-5-6-13-11(18)10-9(3-7-19-10)17-8-14-15-16-17;/h3,7-8,12H,2,4-6H2,1H3,(H,13,18);1H. The Balaban J connectivity index is 0.00000200. The quantitative estimate of drug-likeness (QED) is 0.741. The van der Waals surface area contributed by atoms with Gasteiger partial charge < -0.3 is 10.6 Å². The van der Waals surface area contributed by atoms with Crippen molar-refractivity contribution in [2.45, 2.75) is 13.3 Å². The van der Waals surface area contributed by atoms with Gasteiger partial charge in [0.15, 0.2) is 0 Å². The van der Waals surface area contributed by atoms with E-state index in [1.54, 1.807) is 0 Å². The monoisotopic (exact) mass is 316 g/mol. The molecule has 2 aromatic heterocycles. The fourth-order valence-electron chi connectivity index (χ4n) is 1.57. The minimum atomic E-state index is -0.0983. The molecule has 7 nitrogen and oxygen atoms in total. The highest BCUT2D eigenvalue weighted by molar-refractivity contribution is 7.12. The number of rotatable bonds is 7. The summed E-state index contributed by atoms with van der Waals surface area (Å²) < 4.78 is 1.49. The SMILES string of the molecule is CCCNCCNC(=O)c1sccc1-n1cnnn1.Cl. The molecule has 0 bridgehead atoms. The van der Waals surface area contributed by atoms with Crippen molar-refractivity contribution in [3.8, 4) is 5.69 Å². The van der Waals surface area contributed by atoms with Gasteiger partial charge >= 0.3 is 0 Å². The van der Waals surface area contributed by atoms with Gasteiger partial charge in [-0.1, -0.05) is 6.92 Å². The Morgan fingerprint density at radius 3 is 2.95 bits per heavy atom. The molecule has 0 aromatic carbocycles. The maximum atomic E-state index is 12.0. The molecule has 0 atom stereocenters. The lowest BCUT2D eigenvalue weighted by Gasteiger charge is -2.06. The second-order valence-corrected chi connectivity index (χ2v) is 4.81. The largest absolute Gasteiger partial charge is 0.350 e. The van der Waals surface area contributed by atoms with Gasteiger partial charge in [0.05, 0.1) is 5.69 Å². The first-order valence-corrected chi connectivity index (χ1v) is 7.00. The van der Waals surface area contributed by atoms with Gasteiger partial charge in [0.2, 0.25) is 0 Å². The zero-order valence-corrected chi connectivity index (χ0v) is 12.7. The smallest absolute Gasteiger partial charge is 0.263 e. The minimum Gasteiger partial charge on any atom is -0.350 e. The highest BCUT2D eigenvalue weighted by atomic mass is 35.5. The summed E-state index contributed by atoms with van der Waals surface area (Å²) in [5, 5.41) is 18.9. The molecule has 0 spiro atoms. The average Bonchev–Trinajstić information content (AvgIpc) is 3.08. The summed E-state index contributed by atoms with van der Waals surface area (Å²) in [5.41, 5.74) is 0.703. The first kappa shape index (κ1) is 16.5. The van der Waals surface area contributed by atoms with Gasteiger partial charge in [0.25, 0.3) is 5.91 Å². The average molecular weight is 317 g/mol. The van der Waals surface area contributed by atoms with E-state index in [2.05, 4.69) is 33.1 Å². The molecule has 0 aliphatic carbocycles. The molecule has 2 aromatic rings. The van der Waals surface area contributed by atoms with E-state index in [1.165, 1.54) is 22.3 Å². The number of hydrogen-bond donors (Lipinski definition) is 2. The molecule has 0 aliphatic rings. The van der Waals surface area contributed by atoms with Crippen LogP contribution in [0.15, 0.2) is 17.8 Å². The molecule has 110 valence electrons. The maximum Gasteiger partial charge on any atom is 0.263 e. The Hall–Kier alpha value is -1.51. The van der Waals surface area contributed by atoms with Gasteiger partial charge in [0.1, 0.15) is 11.2 Å². The van der Waals surface area contributed by atoms with Gasteiger partial charge in [-0.25, -0.2) is 0 Å². The van der Waals surface area contributed by atoms with E-state index >= 15 is 0 Å². The van der Waals surface area contributed by atoms with Crippen molar-refractivity contribution in [3.63, 3.8) is 0 Å². The van der Waals surface area contributed by atoms with Crippen LogP contribution in [0.3, 0.4) is 0 Å². The van der Waals surface area contributed by atoms with Crippen LogP contribution in [0.5, 0.6) is 0 Å². The van der Waals surface area contributed by atoms with Crippen molar-refractivity contribution in [1.82, 2.24) is 30.8 Å². The minimum absolute atomic E-state index is 0. The molecule has 20 heavy (non-hydrogen) atoms. The van der Waals surface area contributed by atoms with Gasteiger partial charge in [-0.3, -0.25) is 4.79 Å².